The van der Waals surface area contributed by atoms with Crippen molar-refractivity contribution in [3.05, 3.63) is 65.2 Å². The fraction of sp³-hybridized carbons (Fsp3) is 0.368. The third kappa shape index (κ3) is 4.05. The Morgan fingerprint density at radius 1 is 1.04 bits per heavy atom. The first-order valence-corrected chi connectivity index (χ1v) is 8.24. The summed E-state index contributed by atoms with van der Waals surface area (Å²) in [5.74, 6) is 0. The molecule has 0 unspecified atom stereocenters. The van der Waals surface area contributed by atoms with Crippen LogP contribution in [0.4, 0.5) is 5.69 Å². The summed E-state index contributed by atoms with van der Waals surface area (Å²) in [4.78, 5) is 6.10. The Morgan fingerprint density at radius 3 is 2.30 bits per heavy atom. The zero-order valence-electron chi connectivity index (χ0n) is 13.7. The van der Waals surface area contributed by atoms with Gasteiger partial charge in [-0.05, 0) is 50.6 Å². The Kier molecular flexibility index (Phi) is 4.62. The van der Waals surface area contributed by atoms with E-state index in [0.29, 0.717) is 0 Å². The van der Waals surface area contributed by atoms with E-state index < -0.39 is 0 Å². The number of para-hydroxylation sites is 1. The minimum atomic E-state index is -0.268. The van der Waals surface area contributed by atoms with Crippen molar-refractivity contribution in [2.24, 2.45) is 0 Å². The molecular weight excluding hydrogens is 310 g/mol. The summed E-state index contributed by atoms with van der Waals surface area (Å²) in [5.41, 5.74) is 1.94. The van der Waals surface area contributed by atoms with Crippen molar-refractivity contribution in [3.8, 4) is 0 Å². The Morgan fingerprint density at radius 2 is 1.70 bits per heavy atom. The number of rotatable bonds is 3. The molecule has 0 N–H and O–H groups in total. The number of hydrogen-bond acceptors (Lipinski definition) is 3. The van der Waals surface area contributed by atoms with Crippen molar-refractivity contribution in [3.63, 3.8) is 0 Å². The molecule has 0 aromatic heterocycles. The molecule has 0 saturated carbocycles. The van der Waals surface area contributed by atoms with Gasteiger partial charge in [0.25, 0.3) is 0 Å². The van der Waals surface area contributed by atoms with Crippen LogP contribution in [0.15, 0.2) is 54.6 Å². The van der Waals surface area contributed by atoms with Crippen LogP contribution in [-0.4, -0.2) is 11.9 Å². The molecule has 2 aromatic rings. The van der Waals surface area contributed by atoms with Gasteiger partial charge in [0.05, 0.1) is 17.3 Å². The first-order valence-electron chi connectivity index (χ1n) is 7.87. The smallest absolute Gasteiger partial charge is 0.186 e. The second kappa shape index (κ2) is 6.52. The van der Waals surface area contributed by atoms with E-state index in [4.69, 9.17) is 21.2 Å². The predicted octanol–water partition coefficient (Wildman–Crippen LogP) is 5.36. The fourth-order valence-corrected chi connectivity index (χ4v) is 2.88. The Balaban J connectivity index is 1.88. The third-order valence-electron chi connectivity index (χ3n) is 3.68. The van der Waals surface area contributed by atoms with Crippen molar-refractivity contribution in [2.75, 3.05) is 5.06 Å². The van der Waals surface area contributed by atoms with Crippen molar-refractivity contribution in [2.45, 2.75) is 45.1 Å². The highest BCUT2D eigenvalue weighted by atomic mass is 35.5. The minimum Gasteiger partial charge on any atom is -0.344 e. The van der Waals surface area contributed by atoms with E-state index in [1.54, 1.807) is 0 Å². The first kappa shape index (κ1) is 16.3. The van der Waals surface area contributed by atoms with E-state index in [2.05, 4.69) is 0 Å². The standard InChI is InChI=1S/C19H22ClNO2/c1-19(2,3)22-18-13-17(14-9-11-15(20)12-10-14)21(23-18)16-7-5-4-6-8-16/h4-12,17-18H,13H2,1-3H3/t17-,18+/m1/s1. The maximum absolute atomic E-state index is 6.10. The normalized spacial score (nSPS) is 21.7. The first-order chi connectivity index (χ1) is 10.9. The van der Waals surface area contributed by atoms with Crippen molar-refractivity contribution in [1.82, 2.24) is 0 Å². The molecule has 1 aliphatic rings. The fourth-order valence-electron chi connectivity index (χ4n) is 2.76. The summed E-state index contributed by atoms with van der Waals surface area (Å²) in [6.07, 6.45) is 0.504. The quantitative estimate of drug-likeness (QED) is 0.755. The molecule has 122 valence electrons. The molecule has 3 rings (SSSR count). The van der Waals surface area contributed by atoms with Gasteiger partial charge >= 0.3 is 0 Å². The SMILES string of the molecule is CC(C)(C)O[C@@H]1C[C@H](c2ccc(Cl)cc2)N(c2ccccc2)O1. The molecule has 2 aromatic carbocycles. The van der Waals surface area contributed by atoms with Crippen LogP contribution in [0.3, 0.4) is 0 Å². The van der Waals surface area contributed by atoms with Gasteiger partial charge in [0, 0.05) is 11.4 Å². The second-order valence-corrected chi connectivity index (χ2v) is 7.17. The van der Waals surface area contributed by atoms with Crippen LogP contribution in [0.25, 0.3) is 0 Å². The molecular formula is C19H22ClNO2. The number of nitrogens with zero attached hydrogens (tertiary/aromatic N) is 1. The number of benzene rings is 2. The summed E-state index contributed by atoms with van der Waals surface area (Å²) in [6, 6.07) is 18.1. The van der Waals surface area contributed by atoms with Crippen LogP contribution in [0.1, 0.15) is 38.8 Å². The lowest BCUT2D eigenvalue weighted by Gasteiger charge is -2.26. The molecule has 23 heavy (non-hydrogen) atoms. The van der Waals surface area contributed by atoms with E-state index in [-0.39, 0.29) is 17.9 Å². The van der Waals surface area contributed by atoms with Crippen LogP contribution in [-0.2, 0) is 9.57 Å². The molecule has 1 aliphatic heterocycles. The summed E-state index contributed by atoms with van der Waals surface area (Å²) in [6.45, 7) is 6.12. The molecule has 1 heterocycles. The van der Waals surface area contributed by atoms with Crippen LogP contribution >= 0.6 is 11.6 Å². The van der Waals surface area contributed by atoms with Gasteiger partial charge in [0.1, 0.15) is 0 Å². The molecule has 0 radical (unpaired) electrons. The van der Waals surface area contributed by atoms with Gasteiger partial charge in [-0.15, -0.1) is 0 Å². The molecule has 1 fully saturated rings. The lowest BCUT2D eigenvalue weighted by molar-refractivity contribution is -0.176. The van der Waals surface area contributed by atoms with Gasteiger partial charge < -0.3 is 4.74 Å². The zero-order valence-corrected chi connectivity index (χ0v) is 14.5. The summed E-state index contributed by atoms with van der Waals surface area (Å²) >= 11 is 6.02. The summed E-state index contributed by atoms with van der Waals surface area (Å²) in [5, 5.41) is 2.68. The minimum absolute atomic E-state index is 0.0991. The molecule has 2 atom stereocenters. The predicted molar refractivity (Wildman–Crippen MR) is 93.4 cm³/mol. The van der Waals surface area contributed by atoms with Crippen LogP contribution < -0.4 is 5.06 Å². The van der Waals surface area contributed by atoms with Gasteiger partial charge in [0.2, 0.25) is 0 Å². The van der Waals surface area contributed by atoms with E-state index in [1.807, 2.05) is 80.4 Å². The molecule has 0 aliphatic carbocycles. The van der Waals surface area contributed by atoms with Gasteiger partial charge in [0.15, 0.2) is 6.29 Å². The Labute approximate surface area is 142 Å². The summed E-state index contributed by atoms with van der Waals surface area (Å²) < 4.78 is 6.04. The van der Waals surface area contributed by atoms with E-state index in [1.165, 1.54) is 5.56 Å². The molecule has 0 amide bonds. The monoisotopic (exact) mass is 331 g/mol. The van der Waals surface area contributed by atoms with Crippen molar-refractivity contribution < 1.29 is 9.57 Å². The highest BCUT2D eigenvalue weighted by Crippen LogP contribution is 2.39. The third-order valence-corrected chi connectivity index (χ3v) is 3.93. The second-order valence-electron chi connectivity index (χ2n) is 6.73. The van der Waals surface area contributed by atoms with Gasteiger partial charge in [-0.3, -0.25) is 0 Å². The van der Waals surface area contributed by atoms with Crippen LogP contribution in [0, 0.1) is 0 Å². The van der Waals surface area contributed by atoms with Gasteiger partial charge in [-0.25, -0.2) is 9.90 Å². The van der Waals surface area contributed by atoms with Gasteiger partial charge in [-0.1, -0.05) is 41.9 Å². The zero-order chi connectivity index (χ0) is 16.4. The van der Waals surface area contributed by atoms with E-state index in [9.17, 15) is 0 Å². The van der Waals surface area contributed by atoms with E-state index in [0.717, 1.165) is 17.1 Å². The number of anilines is 1. The summed E-state index contributed by atoms with van der Waals surface area (Å²) in [7, 11) is 0. The molecule has 1 saturated heterocycles. The van der Waals surface area contributed by atoms with Gasteiger partial charge in [-0.2, -0.15) is 0 Å². The highest BCUT2D eigenvalue weighted by molar-refractivity contribution is 6.30. The number of halogens is 1. The molecule has 0 spiro atoms. The average Bonchev–Trinajstić information content (AvgIpc) is 2.90. The van der Waals surface area contributed by atoms with Crippen LogP contribution in [0.2, 0.25) is 5.02 Å². The average molecular weight is 332 g/mol. The maximum atomic E-state index is 6.10. The number of hydroxylamine groups is 1. The molecule has 0 bridgehead atoms. The maximum Gasteiger partial charge on any atom is 0.186 e. The lowest BCUT2D eigenvalue weighted by Crippen LogP contribution is -2.28. The number of hydrogen-bond donors (Lipinski definition) is 0. The van der Waals surface area contributed by atoms with Crippen molar-refractivity contribution >= 4 is 17.3 Å². The molecule has 3 nitrogen and oxygen atoms in total. The topological polar surface area (TPSA) is 21.7 Å². The highest BCUT2D eigenvalue weighted by Gasteiger charge is 2.37. The van der Waals surface area contributed by atoms with E-state index >= 15 is 0 Å². The Bertz CT molecular complexity index is 637. The lowest BCUT2D eigenvalue weighted by atomic mass is 10.0. The molecule has 4 heteroatoms. The van der Waals surface area contributed by atoms with Crippen LogP contribution in [0.5, 0.6) is 0 Å². The Hall–Kier alpha value is -1.55. The number of ether oxygens (including phenoxy) is 1. The largest absolute Gasteiger partial charge is 0.344 e. The van der Waals surface area contributed by atoms with Crippen molar-refractivity contribution in [1.29, 1.82) is 0 Å².